The van der Waals surface area contributed by atoms with E-state index in [1.807, 2.05) is 18.2 Å². The van der Waals surface area contributed by atoms with E-state index in [0.717, 1.165) is 35.6 Å². The fourth-order valence-corrected chi connectivity index (χ4v) is 5.32. The Morgan fingerprint density at radius 1 is 1.19 bits per heavy atom. The molecule has 1 saturated heterocycles. The second-order valence-corrected chi connectivity index (χ2v) is 9.32. The summed E-state index contributed by atoms with van der Waals surface area (Å²) < 4.78 is 12.1. The third-order valence-electron chi connectivity index (χ3n) is 7.29. The van der Waals surface area contributed by atoms with Gasteiger partial charge in [-0.15, -0.1) is 0 Å². The van der Waals surface area contributed by atoms with Gasteiger partial charge in [-0.2, -0.15) is 0 Å². The molecule has 0 radical (unpaired) electrons. The summed E-state index contributed by atoms with van der Waals surface area (Å²) in [5.41, 5.74) is 2.88. The third kappa shape index (κ3) is 4.80. The van der Waals surface area contributed by atoms with Gasteiger partial charge in [0, 0.05) is 37.2 Å². The molecule has 4 rings (SSSR count). The maximum absolute atomic E-state index is 12.7. The van der Waals surface area contributed by atoms with E-state index in [1.165, 1.54) is 32.1 Å². The number of hydrogen-bond acceptors (Lipinski definition) is 4. The van der Waals surface area contributed by atoms with Gasteiger partial charge in [0.25, 0.3) is 0 Å². The first-order valence-corrected chi connectivity index (χ1v) is 12.0. The van der Waals surface area contributed by atoms with Gasteiger partial charge in [0.2, 0.25) is 11.8 Å². The van der Waals surface area contributed by atoms with Gasteiger partial charge in [-0.3, -0.25) is 9.59 Å². The van der Waals surface area contributed by atoms with Crippen molar-refractivity contribution in [2.45, 2.75) is 70.5 Å². The Bertz CT molecular complexity index is 795. The van der Waals surface area contributed by atoms with Crippen molar-refractivity contribution in [3.8, 4) is 0 Å². The first-order valence-electron chi connectivity index (χ1n) is 12.0. The lowest BCUT2D eigenvalue weighted by Crippen LogP contribution is -2.38. The zero-order valence-corrected chi connectivity index (χ0v) is 19.0. The lowest BCUT2D eigenvalue weighted by Gasteiger charge is -2.30. The SMILES string of the molecule is CCCCC1CCC(C(=O)NCCC2(c3ccc4c(c3)CC(=O)N4C)OCCO2)CC1. The highest BCUT2D eigenvalue weighted by Crippen LogP contribution is 2.38. The normalized spacial score (nSPS) is 25.0. The van der Waals surface area contributed by atoms with Crippen LogP contribution in [0, 0.1) is 11.8 Å². The van der Waals surface area contributed by atoms with Crippen molar-refractivity contribution in [3.05, 3.63) is 29.3 Å². The summed E-state index contributed by atoms with van der Waals surface area (Å²) in [7, 11) is 1.80. The van der Waals surface area contributed by atoms with E-state index in [-0.39, 0.29) is 17.7 Å². The number of amides is 2. The molecule has 2 fully saturated rings. The molecular weight excluding hydrogens is 392 g/mol. The number of ether oxygens (including phenoxy) is 2. The molecule has 0 bridgehead atoms. The van der Waals surface area contributed by atoms with Gasteiger partial charge in [0.05, 0.1) is 19.6 Å². The molecule has 1 aliphatic carbocycles. The third-order valence-corrected chi connectivity index (χ3v) is 7.29. The van der Waals surface area contributed by atoms with Crippen LogP contribution < -0.4 is 10.2 Å². The van der Waals surface area contributed by atoms with Crippen molar-refractivity contribution in [2.75, 3.05) is 31.7 Å². The van der Waals surface area contributed by atoms with Gasteiger partial charge in [0.1, 0.15) is 0 Å². The molecule has 6 heteroatoms. The topological polar surface area (TPSA) is 67.9 Å². The van der Waals surface area contributed by atoms with E-state index in [1.54, 1.807) is 11.9 Å². The minimum atomic E-state index is -0.843. The Labute approximate surface area is 185 Å². The number of nitrogens with zero attached hydrogens (tertiary/aromatic N) is 1. The summed E-state index contributed by atoms with van der Waals surface area (Å²) in [6.07, 6.45) is 9.20. The molecule has 3 aliphatic rings. The second kappa shape index (κ2) is 9.70. The lowest BCUT2D eigenvalue weighted by atomic mass is 9.79. The summed E-state index contributed by atoms with van der Waals surface area (Å²) >= 11 is 0. The van der Waals surface area contributed by atoms with Crippen molar-refractivity contribution in [3.63, 3.8) is 0 Å². The molecule has 170 valence electrons. The molecule has 0 aromatic heterocycles. The van der Waals surface area contributed by atoms with E-state index in [2.05, 4.69) is 12.2 Å². The summed E-state index contributed by atoms with van der Waals surface area (Å²) in [6.45, 7) is 3.83. The van der Waals surface area contributed by atoms with Crippen LogP contribution >= 0.6 is 0 Å². The Morgan fingerprint density at radius 2 is 1.94 bits per heavy atom. The molecule has 0 spiro atoms. The average Bonchev–Trinajstić information content (AvgIpc) is 3.37. The number of likely N-dealkylation sites (N-methyl/N-ethyl adjacent to an activating group) is 1. The number of anilines is 1. The zero-order valence-electron chi connectivity index (χ0n) is 19.0. The predicted molar refractivity (Wildman–Crippen MR) is 120 cm³/mol. The second-order valence-electron chi connectivity index (χ2n) is 9.32. The summed E-state index contributed by atoms with van der Waals surface area (Å²) in [4.78, 5) is 26.4. The van der Waals surface area contributed by atoms with Crippen LogP contribution in [0.1, 0.15) is 69.4 Å². The van der Waals surface area contributed by atoms with Gasteiger partial charge in [-0.05, 0) is 49.3 Å². The molecule has 2 heterocycles. The molecule has 1 aromatic carbocycles. The summed E-state index contributed by atoms with van der Waals surface area (Å²) in [6, 6.07) is 5.98. The monoisotopic (exact) mass is 428 g/mol. The standard InChI is InChI=1S/C25H36N2O4/c1-3-4-5-18-6-8-19(9-7-18)24(29)26-13-12-25(30-14-15-31-25)21-10-11-22-20(16-21)17-23(28)27(22)2/h10-11,16,18-19H,3-9,12-15,17H2,1-2H3,(H,26,29). The molecule has 31 heavy (non-hydrogen) atoms. The van der Waals surface area contributed by atoms with Crippen LogP contribution in [0.25, 0.3) is 0 Å². The van der Waals surface area contributed by atoms with Crippen LogP contribution in [0.2, 0.25) is 0 Å². The van der Waals surface area contributed by atoms with E-state index in [9.17, 15) is 9.59 Å². The number of rotatable bonds is 8. The Kier molecular flexibility index (Phi) is 6.97. The molecule has 0 atom stereocenters. The lowest BCUT2D eigenvalue weighted by molar-refractivity contribution is -0.170. The van der Waals surface area contributed by atoms with Crippen LogP contribution in [0.4, 0.5) is 5.69 Å². The number of carbonyl (C=O) groups excluding carboxylic acids is 2. The van der Waals surface area contributed by atoms with E-state index in [0.29, 0.717) is 32.6 Å². The quantitative estimate of drug-likeness (QED) is 0.682. The predicted octanol–water partition coefficient (Wildman–Crippen LogP) is 3.91. The number of benzene rings is 1. The molecule has 2 amide bonds. The fourth-order valence-electron chi connectivity index (χ4n) is 5.32. The van der Waals surface area contributed by atoms with Crippen molar-refractivity contribution in [1.29, 1.82) is 0 Å². The van der Waals surface area contributed by atoms with Crippen molar-refractivity contribution in [1.82, 2.24) is 5.32 Å². The molecule has 0 unspecified atom stereocenters. The van der Waals surface area contributed by atoms with Crippen LogP contribution in [0.15, 0.2) is 18.2 Å². The van der Waals surface area contributed by atoms with Gasteiger partial charge >= 0.3 is 0 Å². The first kappa shape index (κ1) is 22.3. The molecule has 1 N–H and O–H groups in total. The first-order chi connectivity index (χ1) is 15.0. The molecule has 2 aliphatic heterocycles. The van der Waals surface area contributed by atoms with Crippen LogP contribution in [0.3, 0.4) is 0 Å². The smallest absolute Gasteiger partial charge is 0.231 e. The molecule has 1 saturated carbocycles. The Morgan fingerprint density at radius 3 is 2.65 bits per heavy atom. The van der Waals surface area contributed by atoms with E-state index >= 15 is 0 Å². The van der Waals surface area contributed by atoms with Crippen molar-refractivity contribution >= 4 is 17.5 Å². The van der Waals surface area contributed by atoms with Crippen molar-refractivity contribution < 1.29 is 19.1 Å². The summed E-state index contributed by atoms with van der Waals surface area (Å²) in [5, 5.41) is 3.14. The Balaban J connectivity index is 1.32. The van der Waals surface area contributed by atoms with Crippen LogP contribution in [-0.2, 0) is 31.3 Å². The number of carbonyl (C=O) groups is 2. The van der Waals surface area contributed by atoms with E-state index < -0.39 is 5.79 Å². The highest BCUT2D eigenvalue weighted by molar-refractivity contribution is 6.00. The molecule has 6 nitrogen and oxygen atoms in total. The molecular formula is C25H36N2O4. The van der Waals surface area contributed by atoms with Gasteiger partial charge < -0.3 is 19.7 Å². The number of nitrogens with one attached hydrogen (secondary N) is 1. The zero-order chi connectivity index (χ0) is 21.8. The number of fused-ring (bicyclic) bond motifs is 1. The number of hydrogen-bond donors (Lipinski definition) is 1. The highest BCUT2D eigenvalue weighted by Gasteiger charge is 2.40. The minimum Gasteiger partial charge on any atom is -0.356 e. The fraction of sp³-hybridized carbons (Fsp3) is 0.680. The van der Waals surface area contributed by atoms with Crippen LogP contribution in [0.5, 0.6) is 0 Å². The molecule has 1 aromatic rings. The average molecular weight is 429 g/mol. The van der Waals surface area contributed by atoms with Gasteiger partial charge in [0.15, 0.2) is 5.79 Å². The van der Waals surface area contributed by atoms with E-state index in [4.69, 9.17) is 9.47 Å². The largest absolute Gasteiger partial charge is 0.356 e. The van der Waals surface area contributed by atoms with Gasteiger partial charge in [-0.1, -0.05) is 32.3 Å². The highest BCUT2D eigenvalue weighted by atomic mass is 16.7. The van der Waals surface area contributed by atoms with Crippen molar-refractivity contribution in [2.24, 2.45) is 11.8 Å². The summed E-state index contributed by atoms with van der Waals surface area (Å²) in [5.74, 6) is 0.373. The maximum Gasteiger partial charge on any atom is 0.231 e. The number of unbranched alkanes of at least 4 members (excludes halogenated alkanes) is 1. The Hall–Kier alpha value is -1.92. The maximum atomic E-state index is 12.7. The van der Waals surface area contributed by atoms with Crippen LogP contribution in [-0.4, -0.2) is 38.6 Å². The van der Waals surface area contributed by atoms with Gasteiger partial charge in [-0.25, -0.2) is 0 Å². The minimum absolute atomic E-state index is 0.103.